The molecular weight excluding hydrogens is 282 g/mol. The van der Waals surface area contributed by atoms with E-state index in [2.05, 4.69) is 0 Å². The Hall–Kier alpha value is -0.880. The molecule has 4 nitrogen and oxygen atoms in total. The van der Waals surface area contributed by atoms with Crippen molar-refractivity contribution in [2.75, 3.05) is 18.8 Å². The molecule has 0 N–H and O–H groups in total. The smallest absolute Gasteiger partial charge is 0.227 e. The largest absolute Gasteiger partial charge is 0.341 e. The molecule has 2 heterocycles. The van der Waals surface area contributed by atoms with Gasteiger partial charge in [-0.25, -0.2) is 8.42 Å². The molecule has 0 atom stereocenters. The summed E-state index contributed by atoms with van der Waals surface area (Å²) in [5.74, 6) is 0.0846. The fourth-order valence-electron chi connectivity index (χ4n) is 2.11. The molecule has 0 spiro atoms. The molecule has 0 aliphatic carbocycles. The average molecular weight is 301 g/mol. The number of thiophene rings is 1. The highest BCUT2D eigenvalue weighted by Gasteiger charge is 2.37. The van der Waals surface area contributed by atoms with E-state index >= 15 is 0 Å². The Balaban J connectivity index is 2.05. The van der Waals surface area contributed by atoms with Crippen molar-refractivity contribution in [2.45, 2.75) is 31.4 Å². The molecule has 6 heteroatoms. The first-order valence-electron chi connectivity index (χ1n) is 6.33. The van der Waals surface area contributed by atoms with E-state index in [1.165, 1.54) is 0 Å². The minimum Gasteiger partial charge on any atom is -0.341 e. The standard InChI is InChI=1S/C13H19NO3S2/c1-13(2)4-5-14(6-8-19(13,16)17)12(15)9-11-3-7-18-10-11/h3,7,10H,4-6,8-9H2,1-2H3. The first kappa shape index (κ1) is 14.5. The zero-order valence-corrected chi connectivity index (χ0v) is 12.9. The number of hydrogen-bond donors (Lipinski definition) is 0. The SMILES string of the molecule is CC1(C)CCN(C(=O)Cc2ccsc2)CCS1(=O)=O. The number of sulfone groups is 1. The van der Waals surface area contributed by atoms with Gasteiger partial charge in [-0.1, -0.05) is 0 Å². The maximum atomic E-state index is 12.2. The van der Waals surface area contributed by atoms with E-state index in [0.717, 1.165) is 5.56 Å². The van der Waals surface area contributed by atoms with Crippen LogP contribution in [0, 0.1) is 0 Å². The zero-order valence-electron chi connectivity index (χ0n) is 11.3. The molecule has 1 saturated heterocycles. The van der Waals surface area contributed by atoms with Gasteiger partial charge in [0.25, 0.3) is 0 Å². The van der Waals surface area contributed by atoms with E-state index in [4.69, 9.17) is 0 Å². The van der Waals surface area contributed by atoms with Crippen molar-refractivity contribution in [3.63, 3.8) is 0 Å². The highest BCUT2D eigenvalue weighted by atomic mass is 32.2. The molecule has 0 unspecified atom stereocenters. The molecule has 0 radical (unpaired) electrons. The molecule has 0 saturated carbocycles. The van der Waals surface area contributed by atoms with Crippen LogP contribution >= 0.6 is 11.3 Å². The van der Waals surface area contributed by atoms with Crippen molar-refractivity contribution < 1.29 is 13.2 Å². The Bertz CT molecular complexity index is 546. The van der Waals surface area contributed by atoms with Gasteiger partial charge in [0.2, 0.25) is 5.91 Å². The molecular formula is C13H19NO3S2. The maximum absolute atomic E-state index is 12.2. The summed E-state index contributed by atoms with van der Waals surface area (Å²) >= 11 is 1.57. The van der Waals surface area contributed by atoms with E-state index in [-0.39, 0.29) is 11.7 Å². The van der Waals surface area contributed by atoms with Gasteiger partial charge in [0.1, 0.15) is 0 Å². The lowest BCUT2D eigenvalue weighted by Crippen LogP contribution is -2.34. The molecule has 0 aromatic carbocycles. The first-order chi connectivity index (χ1) is 8.82. The molecule has 19 heavy (non-hydrogen) atoms. The van der Waals surface area contributed by atoms with Crippen LogP contribution in [-0.4, -0.2) is 42.8 Å². The number of amides is 1. The van der Waals surface area contributed by atoms with E-state index in [1.54, 1.807) is 30.1 Å². The molecule has 0 bridgehead atoms. The Labute approximate surface area is 118 Å². The van der Waals surface area contributed by atoms with Gasteiger partial charge in [-0.2, -0.15) is 11.3 Å². The summed E-state index contributed by atoms with van der Waals surface area (Å²) in [5, 5.41) is 3.90. The van der Waals surface area contributed by atoms with Gasteiger partial charge < -0.3 is 4.90 Å². The molecule has 1 aromatic heterocycles. The summed E-state index contributed by atoms with van der Waals surface area (Å²) in [6, 6.07) is 1.93. The second-order valence-electron chi connectivity index (χ2n) is 5.52. The number of carbonyl (C=O) groups is 1. The summed E-state index contributed by atoms with van der Waals surface area (Å²) in [5.41, 5.74) is 1.00. The van der Waals surface area contributed by atoms with Crippen LogP contribution in [0.1, 0.15) is 25.8 Å². The highest BCUT2D eigenvalue weighted by molar-refractivity contribution is 7.92. The predicted molar refractivity (Wildman–Crippen MR) is 77.1 cm³/mol. The third-order valence-electron chi connectivity index (χ3n) is 3.74. The van der Waals surface area contributed by atoms with Crippen LogP contribution in [0.3, 0.4) is 0 Å². The molecule has 1 aliphatic rings. The van der Waals surface area contributed by atoms with Crippen molar-refractivity contribution in [3.8, 4) is 0 Å². The number of rotatable bonds is 2. The Morgan fingerprint density at radius 2 is 2.16 bits per heavy atom. The van der Waals surface area contributed by atoms with E-state index in [0.29, 0.717) is 25.9 Å². The van der Waals surface area contributed by atoms with E-state index < -0.39 is 14.6 Å². The second kappa shape index (κ2) is 5.25. The lowest BCUT2D eigenvalue weighted by atomic mass is 10.1. The van der Waals surface area contributed by atoms with Gasteiger partial charge in [0.05, 0.1) is 16.9 Å². The molecule has 1 aliphatic heterocycles. The van der Waals surface area contributed by atoms with E-state index in [9.17, 15) is 13.2 Å². The normalized spacial score (nSPS) is 21.9. The summed E-state index contributed by atoms with van der Waals surface area (Å²) in [6.07, 6.45) is 0.870. The second-order valence-corrected chi connectivity index (χ2v) is 9.04. The minimum absolute atomic E-state index is 0.0197. The molecule has 1 amide bonds. The third kappa shape index (κ3) is 3.17. The zero-order chi connectivity index (χ0) is 14.1. The lowest BCUT2D eigenvalue weighted by Gasteiger charge is -2.22. The van der Waals surface area contributed by atoms with Crippen LogP contribution in [0.4, 0.5) is 0 Å². The van der Waals surface area contributed by atoms with Crippen LogP contribution in [-0.2, 0) is 21.1 Å². The van der Waals surface area contributed by atoms with Gasteiger partial charge >= 0.3 is 0 Å². The summed E-state index contributed by atoms with van der Waals surface area (Å²) in [6.45, 7) is 4.33. The molecule has 1 aromatic rings. The minimum atomic E-state index is -3.12. The van der Waals surface area contributed by atoms with Crippen molar-refractivity contribution in [1.29, 1.82) is 0 Å². The van der Waals surface area contributed by atoms with E-state index in [1.807, 2.05) is 16.8 Å². The van der Waals surface area contributed by atoms with Crippen LogP contribution < -0.4 is 0 Å². The average Bonchev–Trinajstić information content (AvgIpc) is 2.77. The first-order valence-corrected chi connectivity index (χ1v) is 8.92. The Morgan fingerprint density at radius 1 is 1.42 bits per heavy atom. The Morgan fingerprint density at radius 3 is 2.79 bits per heavy atom. The lowest BCUT2D eigenvalue weighted by molar-refractivity contribution is -0.130. The monoisotopic (exact) mass is 301 g/mol. The summed E-state index contributed by atoms with van der Waals surface area (Å²) < 4.78 is 23.4. The van der Waals surface area contributed by atoms with Gasteiger partial charge in [0, 0.05) is 13.1 Å². The Kier molecular flexibility index (Phi) is 4.01. The summed E-state index contributed by atoms with van der Waals surface area (Å²) in [7, 11) is -3.12. The van der Waals surface area contributed by atoms with Crippen molar-refractivity contribution >= 4 is 27.1 Å². The fraction of sp³-hybridized carbons (Fsp3) is 0.615. The quantitative estimate of drug-likeness (QED) is 0.836. The van der Waals surface area contributed by atoms with Gasteiger partial charge in [-0.15, -0.1) is 0 Å². The van der Waals surface area contributed by atoms with Gasteiger partial charge in [-0.3, -0.25) is 4.79 Å². The topological polar surface area (TPSA) is 54.5 Å². The molecule has 2 rings (SSSR count). The molecule has 1 fully saturated rings. The van der Waals surface area contributed by atoms with Crippen molar-refractivity contribution in [3.05, 3.63) is 22.4 Å². The number of nitrogens with zero attached hydrogens (tertiary/aromatic N) is 1. The van der Waals surface area contributed by atoms with Crippen LogP contribution in [0.25, 0.3) is 0 Å². The van der Waals surface area contributed by atoms with Gasteiger partial charge in [-0.05, 0) is 42.7 Å². The van der Waals surface area contributed by atoms with Gasteiger partial charge in [0.15, 0.2) is 9.84 Å². The van der Waals surface area contributed by atoms with Crippen LogP contribution in [0.5, 0.6) is 0 Å². The fourth-order valence-corrected chi connectivity index (χ4v) is 4.19. The third-order valence-corrected chi connectivity index (χ3v) is 7.08. The molecule has 106 valence electrons. The van der Waals surface area contributed by atoms with Crippen molar-refractivity contribution in [2.24, 2.45) is 0 Å². The summed E-state index contributed by atoms with van der Waals surface area (Å²) in [4.78, 5) is 13.9. The number of carbonyl (C=O) groups excluding carboxylic acids is 1. The van der Waals surface area contributed by atoms with Crippen LogP contribution in [0.2, 0.25) is 0 Å². The van der Waals surface area contributed by atoms with Crippen LogP contribution in [0.15, 0.2) is 16.8 Å². The predicted octanol–water partition coefficient (Wildman–Crippen LogP) is 1.72. The highest BCUT2D eigenvalue weighted by Crippen LogP contribution is 2.25. The number of hydrogen-bond acceptors (Lipinski definition) is 4. The maximum Gasteiger partial charge on any atom is 0.227 e. The van der Waals surface area contributed by atoms with Crippen molar-refractivity contribution in [1.82, 2.24) is 4.90 Å².